The molecule has 0 spiro atoms. The molecule has 1 rings (SSSR count). The summed E-state index contributed by atoms with van der Waals surface area (Å²) >= 11 is 0. The van der Waals surface area contributed by atoms with Crippen molar-refractivity contribution in [1.29, 1.82) is 0 Å². The third-order valence-corrected chi connectivity index (χ3v) is 3.99. The van der Waals surface area contributed by atoms with E-state index in [1.54, 1.807) is 5.57 Å². The average molecular weight is 238 g/mol. The SMILES string of the molecule is CC(C)C(CN)CN1CC=C(C(C)(C)C)CC1. The minimum absolute atomic E-state index is 0.345. The van der Waals surface area contributed by atoms with Crippen LogP contribution < -0.4 is 5.73 Å². The first kappa shape index (κ1) is 14.7. The summed E-state index contributed by atoms with van der Waals surface area (Å²) in [6.07, 6.45) is 3.65. The first-order chi connectivity index (χ1) is 7.84. The van der Waals surface area contributed by atoms with Crippen molar-refractivity contribution in [2.75, 3.05) is 26.2 Å². The van der Waals surface area contributed by atoms with Crippen LogP contribution in [0, 0.1) is 17.3 Å². The van der Waals surface area contributed by atoms with Crippen molar-refractivity contribution in [3.63, 3.8) is 0 Å². The molecule has 1 unspecified atom stereocenters. The van der Waals surface area contributed by atoms with E-state index in [-0.39, 0.29) is 0 Å². The predicted molar refractivity (Wildman–Crippen MR) is 76.0 cm³/mol. The Morgan fingerprint density at radius 1 is 1.35 bits per heavy atom. The van der Waals surface area contributed by atoms with Crippen LogP contribution in [-0.4, -0.2) is 31.1 Å². The highest BCUT2D eigenvalue weighted by Gasteiger charge is 2.23. The molecule has 0 aromatic rings. The molecule has 0 aromatic heterocycles. The van der Waals surface area contributed by atoms with Gasteiger partial charge in [-0.05, 0) is 30.2 Å². The quantitative estimate of drug-likeness (QED) is 0.763. The van der Waals surface area contributed by atoms with E-state index in [1.807, 2.05) is 0 Å². The molecule has 0 radical (unpaired) electrons. The minimum Gasteiger partial charge on any atom is -0.330 e. The van der Waals surface area contributed by atoms with Gasteiger partial charge in [-0.1, -0.05) is 46.3 Å². The predicted octanol–water partition coefficient (Wildman–Crippen LogP) is 2.90. The van der Waals surface area contributed by atoms with Crippen LogP contribution in [0.3, 0.4) is 0 Å². The van der Waals surface area contributed by atoms with E-state index in [0.29, 0.717) is 17.3 Å². The smallest absolute Gasteiger partial charge is 0.0166 e. The summed E-state index contributed by atoms with van der Waals surface area (Å²) in [5, 5.41) is 0. The fraction of sp³-hybridized carbons (Fsp3) is 0.867. The Morgan fingerprint density at radius 3 is 2.35 bits per heavy atom. The summed E-state index contributed by atoms with van der Waals surface area (Å²) < 4.78 is 0. The molecule has 0 saturated carbocycles. The van der Waals surface area contributed by atoms with Gasteiger partial charge in [0.1, 0.15) is 0 Å². The number of rotatable bonds is 4. The average Bonchev–Trinajstić information content (AvgIpc) is 2.25. The zero-order valence-corrected chi connectivity index (χ0v) is 12.3. The second-order valence-corrected chi connectivity index (χ2v) is 6.73. The first-order valence-corrected chi connectivity index (χ1v) is 6.96. The zero-order valence-electron chi connectivity index (χ0n) is 12.3. The lowest BCUT2D eigenvalue weighted by Crippen LogP contribution is -2.38. The van der Waals surface area contributed by atoms with Crippen molar-refractivity contribution >= 4 is 0 Å². The lowest BCUT2D eigenvalue weighted by Gasteiger charge is -2.34. The van der Waals surface area contributed by atoms with Gasteiger partial charge in [0.05, 0.1) is 0 Å². The molecule has 2 nitrogen and oxygen atoms in total. The summed E-state index contributed by atoms with van der Waals surface area (Å²) in [4.78, 5) is 2.55. The Bertz CT molecular complexity index is 261. The summed E-state index contributed by atoms with van der Waals surface area (Å²) in [6, 6.07) is 0. The largest absolute Gasteiger partial charge is 0.330 e. The standard InChI is InChI=1S/C15H30N2/c1-12(2)13(10-16)11-17-8-6-14(7-9-17)15(3,4)5/h6,12-13H,7-11,16H2,1-5H3. The third kappa shape index (κ3) is 4.44. The van der Waals surface area contributed by atoms with Crippen molar-refractivity contribution in [3.8, 4) is 0 Å². The molecule has 0 bridgehead atoms. The maximum Gasteiger partial charge on any atom is 0.0166 e. The summed E-state index contributed by atoms with van der Waals surface area (Å²) in [6.45, 7) is 15.8. The normalized spacial score (nSPS) is 20.5. The van der Waals surface area contributed by atoms with Gasteiger partial charge < -0.3 is 5.73 Å². The number of nitrogens with two attached hydrogens (primary N) is 1. The number of nitrogens with zero attached hydrogens (tertiary/aromatic N) is 1. The molecule has 100 valence electrons. The van der Waals surface area contributed by atoms with Crippen molar-refractivity contribution in [3.05, 3.63) is 11.6 Å². The minimum atomic E-state index is 0.345. The van der Waals surface area contributed by atoms with Gasteiger partial charge in [-0.15, -0.1) is 0 Å². The van der Waals surface area contributed by atoms with Gasteiger partial charge in [-0.25, -0.2) is 0 Å². The van der Waals surface area contributed by atoms with E-state index < -0.39 is 0 Å². The Morgan fingerprint density at radius 2 is 2.00 bits per heavy atom. The van der Waals surface area contributed by atoms with Crippen LogP contribution in [0.15, 0.2) is 11.6 Å². The Kier molecular flexibility index (Phi) is 5.21. The number of hydrogen-bond donors (Lipinski definition) is 1. The Balaban J connectivity index is 2.49. The zero-order chi connectivity index (χ0) is 13.1. The van der Waals surface area contributed by atoms with Crippen molar-refractivity contribution < 1.29 is 0 Å². The monoisotopic (exact) mass is 238 g/mol. The van der Waals surface area contributed by atoms with Crippen molar-refractivity contribution in [2.24, 2.45) is 23.0 Å². The van der Waals surface area contributed by atoms with E-state index in [1.165, 1.54) is 13.0 Å². The second-order valence-electron chi connectivity index (χ2n) is 6.73. The van der Waals surface area contributed by atoms with Crippen LogP contribution in [-0.2, 0) is 0 Å². The summed E-state index contributed by atoms with van der Waals surface area (Å²) in [7, 11) is 0. The van der Waals surface area contributed by atoms with Gasteiger partial charge in [0.2, 0.25) is 0 Å². The highest BCUT2D eigenvalue weighted by Crippen LogP contribution is 2.30. The molecule has 0 amide bonds. The molecule has 2 N–H and O–H groups in total. The van der Waals surface area contributed by atoms with Crippen LogP contribution in [0.1, 0.15) is 41.0 Å². The van der Waals surface area contributed by atoms with Crippen LogP contribution in [0.5, 0.6) is 0 Å². The van der Waals surface area contributed by atoms with Gasteiger partial charge in [-0.3, -0.25) is 4.90 Å². The molecular weight excluding hydrogens is 208 g/mol. The maximum absolute atomic E-state index is 5.85. The highest BCUT2D eigenvalue weighted by molar-refractivity contribution is 5.14. The highest BCUT2D eigenvalue weighted by atomic mass is 15.1. The molecule has 1 heterocycles. The molecular formula is C15H30N2. The fourth-order valence-corrected chi connectivity index (χ4v) is 2.45. The lowest BCUT2D eigenvalue weighted by molar-refractivity contribution is 0.210. The van der Waals surface area contributed by atoms with Crippen LogP contribution in [0.4, 0.5) is 0 Å². The molecule has 2 heteroatoms. The first-order valence-electron chi connectivity index (χ1n) is 6.96. The van der Waals surface area contributed by atoms with Crippen molar-refractivity contribution in [2.45, 2.75) is 41.0 Å². The van der Waals surface area contributed by atoms with E-state index in [2.05, 4.69) is 45.6 Å². The van der Waals surface area contributed by atoms with Crippen LogP contribution in [0.25, 0.3) is 0 Å². The van der Waals surface area contributed by atoms with Crippen LogP contribution in [0.2, 0.25) is 0 Å². The lowest BCUT2D eigenvalue weighted by atomic mass is 9.82. The van der Waals surface area contributed by atoms with Crippen molar-refractivity contribution in [1.82, 2.24) is 4.90 Å². The molecule has 0 saturated heterocycles. The second kappa shape index (κ2) is 6.01. The molecule has 1 atom stereocenters. The summed E-state index contributed by atoms with van der Waals surface area (Å²) in [5.41, 5.74) is 7.80. The topological polar surface area (TPSA) is 29.3 Å². The Hall–Kier alpha value is -0.340. The molecule has 1 aliphatic rings. The van der Waals surface area contributed by atoms with Gasteiger partial charge >= 0.3 is 0 Å². The molecule has 0 fully saturated rings. The molecule has 0 aliphatic carbocycles. The van der Waals surface area contributed by atoms with Gasteiger partial charge in [0.15, 0.2) is 0 Å². The molecule has 0 aromatic carbocycles. The van der Waals surface area contributed by atoms with E-state index in [9.17, 15) is 0 Å². The molecule has 1 aliphatic heterocycles. The van der Waals surface area contributed by atoms with E-state index in [0.717, 1.165) is 19.6 Å². The van der Waals surface area contributed by atoms with Gasteiger partial charge in [0, 0.05) is 19.6 Å². The van der Waals surface area contributed by atoms with Gasteiger partial charge in [0.25, 0.3) is 0 Å². The fourth-order valence-electron chi connectivity index (χ4n) is 2.45. The summed E-state index contributed by atoms with van der Waals surface area (Å²) in [5.74, 6) is 1.33. The molecule has 17 heavy (non-hydrogen) atoms. The van der Waals surface area contributed by atoms with E-state index >= 15 is 0 Å². The number of hydrogen-bond acceptors (Lipinski definition) is 2. The third-order valence-electron chi connectivity index (χ3n) is 3.99. The van der Waals surface area contributed by atoms with Crippen LogP contribution >= 0.6 is 0 Å². The van der Waals surface area contributed by atoms with E-state index in [4.69, 9.17) is 5.73 Å². The van der Waals surface area contributed by atoms with Gasteiger partial charge in [-0.2, -0.15) is 0 Å². The Labute approximate surface area is 107 Å². The maximum atomic E-state index is 5.85.